The molecule has 1 aromatic rings. The fourth-order valence-corrected chi connectivity index (χ4v) is 2.33. The van der Waals surface area contributed by atoms with E-state index in [0.717, 1.165) is 31.6 Å². The van der Waals surface area contributed by atoms with Crippen molar-refractivity contribution in [3.63, 3.8) is 0 Å². The van der Waals surface area contributed by atoms with Gasteiger partial charge < -0.3 is 4.90 Å². The van der Waals surface area contributed by atoms with Crippen LogP contribution in [0, 0.1) is 17.2 Å². The van der Waals surface area contributed by atoms with E-state index in [-0.39, 0.29) is 6.03 Å². The van der Waals surface area contributed by atoms with E-state index < -0.39 is 0 Å². The molecule has 0 N–H and O–H groups in total. The van der Waals surface area contributed by atoms with Crippen LogP contribution in [0.5, 0.6) is 0 Å². The summed E-state index contributed by atoms with van der Waals surface area (Å²) in [6.07, 6.45) is 5.80. The van der Waals surface area contributed by atoms with Gasteiger partial charge in [-0.3, -0.25) is 9.88 Å². The number of aromatic nitrogens is 1. The molecule has 0 aromatic carbocycles. The molecule has 1 fully saturated rings. The van der Waals surface area contributed by atoms with Crippen molar-refractivity contribution in [1.29, 1.82) is 5.26 Å². The summed E-state index contributed by atoms with van der Waals surface area (Å²) in [5.74, 6) is 0.442. The molecule has 0 saturated carbocycles. The highest BCUT2D eigenvalue weighted by molar-refractivity contribution is 5.91. The standard InChI is InChI=1S/C14H18N4O/c1-17(13-3-2-8-16-11-13)14(19)18-9-5-12(4-7-15)6-10-18/h2-3,8,11-12H,4-6,9-10H2,1H3. The van der Waals surface area contributed by atoms with Crippen molar-refractivity contribution in [2.45, 2.75) is 19.3 Å². The van der Waals surface area contributed by atoms with Crippen LogP contribution >= 0.6 is 0 Å². The zero-order chi connectivity index (χ0) is 13.7. The number of carbonyl (C=O) groups is 1. The van der Waals surface area contributed by atoms with E-state index in [0.29, 0.717) is 12.3 Å². The zero-order valence-corrected chi connectivity index (χ0v) is 11.1. The van der Waals surface area contributed by atoms with Gasteiger partial charge in [0.1, 0.15) is 0 Å². The third kappa shape index (κ3) is 3.22. The highest BCUT2D eigenvalue weighted by atomic mass is 16.2. The molecule has 5 heteroatoms. The molecule has 2 heterocycles. The minimum atomic E-state index is 0.00316. The molecular formula is C14H18N4O. The molecule has 2 amide bonds. The van der Waals surface area contributed by atoms with Gasteiger partial charge in [-0.05, 0) is 30.9 Å². The number of hydrogen-bond donors (Lipinski definition) is 0. The van der Waals surface area contributed by atoms with Crippen molar-refractivity contribution < 1.29 is 4.79 Å². The quantitative estimate of drug-likeness (QED) is 0.817. The van der Waals surface area contributed by atoms with E-state index in [2.05, 4.69) is 11.1 Å². The van der Waals surface area contributed by atoms with E-state index in [1.54, 1.807) is 24.3 Å². The number of urea groups is 1. The first-order chi connectivity index (χ1) is 9.22. The first kappa shape index (κ1) is 13.3. The second-order valence-corrected chi connectivity index (χ2v) is 4.85. The summed E-state index contributed by atoms with van der Waals surface area (Å²) in [5.41, 5.74) is 0.798. The number of rotatable bonds is 2. The van der Waals surface area contributed by atoms with E-state index >= 15 is 0 Å². The number of pyridine rings is 1. The van der Waals surface area contributed by atoms with Gasteiger partial charge in [-0.2, -0.15) is 5.26 Å². The highest BCUT2D eigenvalue weighted by Gasteiger charge is 2.25. The number of amides is 2. The maximum atomic E-state index is 12.3. The van der Waals surface area contributed by atoms with Crippen LogP contribution in [-0.2, 0) is 0 Å². The Hall–Kier alpha value is -2.09. The molecule has 1 aliphatic heterocycles. The number of nitriles is 1. The van der Waals surface area contributed by atoms with Gasteiger partial charge in [0.25, 0.3) is 0 Å². The number of anilines is 1. The molecule has 19 heavy (non-hydrogen) atoms. The van der Waals surface area contributed by atoms with Crippen molar-refractivity contribution in [2.24, 2.45) is 5.92 Å². The molecule has 1 saturated heterocycles. The predicted molar refractivity (Wildman–Crippen MR) is 72.6 cm³/mol. The highest BCUT2D eigenvalue weighted by Crippen LogP contribution is 2.21. The van der Waals surface area contributed by atoms with Gasteiger partial charge in [-0.1, -0.05) is 0 Å². The molecule has 2 rings (SSSR count). The van der Waals surface area contributed by atoms with E-state index in [4.69, 9.17) is 5.26 Å². The molecule has 100 valence electrons. The summed E-state index contributed by atoms with van der Waals surface area (Å²) in [6.45, 7) is 1.46. The molecule has 0 unspecified atom stereocenters. The number of nitrogens with zero attached hydrogens (tertiary/aromatic N) is 4. The second-order valence-electron chi connectivity index (χ2n) is 4.85. The van der Waals surface area contributed by atoms with Gasteiger partial charge in [-0.25, -0.2) is 4.79 Å². The fourth-order valence-electron chi connectivity index (χ4n) is 2.33. The Bertz CT molecular complexity index is 460. The minimum absolute atomic E-state index is 0.00316. The first-order valence-corrected chi connectivity index (χ1v) is 6.52. The number of likely N-dealkylation sites (tertiary alicyclic amines) is 1. The second kappa shape index (κ2) is 6.19. The largest absolute Gasteiger partial charge is 0.324 e. The Morgan fingerprint density at radius 1 is 1.58 bits per heavy atom. The Balaban J connectivity index is 1.93. The van der Waals surface area contributed by atoms with Crippen molar-refractivity contribution in [3.05, 3.63) is 24.5 Å². The van der Waals surface area contributed by atoms with E-state index in [1.165, 1.54) is 0 Å². The summed E-state index contributed by atoms with van der Waals surface area (Å²) in [7, 11) is 1.76. The lowest BCUT2D eigenvalue weighted by Gasteiger charge is -2.33. The summed E-state index contributed by atoms with van der Waals surface area (Å²) in [5, 5.41) is 8.68. The Kier molecular flexibility index (Phi) is 4.35. The van der Waals surface area contributed by atoms with Crippen molar-refractivity contribution in [1.82, 2.24) is 9.88 Å². The fraction of sp³-hybridized carbons (Fsp3) is 0.500. The molecule has 5 nitrogen and oxygen atoms in total. The third-order valence-corrected chi connectivity index (χ3v) is 3.59. The average molecular weight is 258 g/mol. The molecule has 0 radical (unpaired) electrons. The van der Waals surface area contributed by atoms with Crippen molar-refractivity contribution in [3.8, 4) is 6.07 Å². The molecule has 0 atom stereocenters. The van der Waals surface area contributed by atoms with E-state index in [1.807, 2.05) is 17.0 Å². The zero-order valence-electron chi connectivity index (χ0n) is 11.1. The minimum Gasteiger partial charge on any atom is -0.324 e. The monoisotopic (exact) mass is 258 g/mol. The first-order valence-electron chi connectivity index (χ1n) is 6.52. The van der Waals surface area contributed by atoms with Crippen LogP contribution in [0.25, 0.3) is 0 Å². The molecule has 0 bridgehead atoms. The average Bonchev–Trinajstić information content (AvgIpc) is 2.48. The molecule has 0 spiro atoms. The topological polar surface area (TPSA) is 60.2 Å². The third-order valence-electron chi connectivity index (χ3n) is 3.59. The van der Waals surface area contributed by atoms with E-state index in [9.17, 15) is 4.79 Å². The smallest absolute Gasteiger partial charge is 0.324 e. The lowest BCUT2D eigenvalue weighted by atomic mass is 9.94. The summed E-state index contributed by atoms with van der Waals surface area (Å²) < 4.78 is 0. The number of piperidine rings is 1. The van der Waals surface area contributed by atoms with Crippen molar-refractivity contribution >= 4 is 11.7 Å². The number of carbonyl (C=O) groups excluding carboxylic acids is 1. The van der Waals surface area contributed by atoms with Gasteiger partial charge in [-0.15, -0.1) is 0 Å². The molecular weight excluding hydrogens is 240 g/mol. The normalized spacial score (nSPS) is 15.9. The Labute approximate surface area is 113 Å². The van der Waals surface area contributed by atoms with Crippen LogP contribution in [0.1, 0.15) is 19.3 Å². The lowest BCUT2D eigenvalue weighted by molar-refractivity contribution is 0.178. The van der Waals surface area contributed by atoms with Gasteiger partial charge in [0, 0.05) is 32.8 Å². The molecule has 1 aromatic heterocycles. The Morgan fingerprint density at radius 3 is 2.89 bits per heavy atom. The van der Waals surface area contributed by atoms with Crippen LogP contribution in [0.3, 0.4) is 0 Å². The maximum absolute atomic E-state index is 12.3. The molecule has 1 aliphatic rings. The molecule has 0 aliphatic carbocycles. The number of hydrogen-bond acceptors (Lipinski definition) is 3. The predicted octanol–water partition coefficient (Wildman–Crippen LogP) is 2.26. The Morgan fingerprint density at radius 2 is 2.32 bits per heavy atom. The van der Waals surface area contributed by atoms with Crippen LogP contribution in [0.4, 0.5) is 10.5 Å². The summed E-state index contributed by atoms with van der Waals surface area (Å²) in [4.78, 5) is 19.8. The summed E-state index contributed by atoms with van der Waals surface area (Å²) >= 11 is 0. The summed E-state index contributed by atoms with van der Waals surface area (Å²) in [6, 6.07) is 5.90. The van der Waals surface area contributed by atoms with Crippen LogP contribution in [0.15, 0.2) is 24.5 Å². The van der Waals surface area contributed by atoms with Gasteiger partial charge in [0.05, 0.1) is 18.0 Å². The van der Waals surface area contributed by atoms with Crippen molar-refractivity contribution in [2.75, 3.05) is 25.0 Å². The lowest BCUT2D eigenvalue weighted by Crippen LogP contribution is -2.45. The van der Waals surface area contributed by atoms with Crippen LogP contribution in [0.2, 0.25) is 0 Å². The van der Waals surface area contributed by atoms with Crippen LogP contribution in [-0.4, -0.2) is 36.1 Å². The van der Waals surface area contributed by atoms with Gasteiger partial charge in [0.2, 0.25) is 0 Å². The maximum Gasteiger partial charge on any atom is 0.324 e. The van der Waals surface area contributed by atoms with Crippen LogP contribution < -0.4 is 4.90 Å². The SMILES string of the molecule is CN(C(=O)N1CCC(CC#N)CC1)c1cccnc1. The van der Waals surface area contributed by atoms with Gasteiger partial charge in [0.15, 0.2) is 0 Å². The van der Waals surface area contributed by atoms with Gasteiger partial charge >= 0.3 is 6.03 Å².